The minimum Gasteiger partial charge on any atom is -0.480 e. The molecule has 9 heteroatoms. The van der Waals surface area contributed by atoms with Gasteiger partial charge in [0.05, 0.1) is 6.42 Å². The van der Waals surface area contributed by atoms with Crippen LogP contribution in [0.5, 0.6) is 0 Å². The maximum Gasteiger partial charge on any atom is 0.322 e. The molecule has 98 valence electrons. The van der Waals surface area contributed by atoms with Gasteiger partial charge in [0.1, 0.15) is 10.9 Å². The lowest BCUT2D eigenvalue weighted by atomic mass is 10.2. The molecule has 8 nitrogen and oxygen atoms in total. The van der Waals surface area contributed by atoms with Crippen molar-refractivity contribution < 1.29 is 23.1 Å². The van der Waals surface area contributed by atoms with E-state index in [2.05, 4.69) is 4.98 Å². The maximum atomic E-state index is 11.8. The normalized spacial score (nSPS) is 12.9. The van der Waals surface area contributed by atoms with Crippen molar-refractivity contribution >= 4 is 21.9 Å². The second-order valence-electron chi connectivity index (χ2n) is 3.37. The third-order valence-electron chi connectivity index (χ3n) is 1.95. The summed E-state index contributed by atoms with van der Waals surface area (Å²) in [5.74, 6) is -2.41. The van der Waals surface area contributed by atoms with E-state index in [1.165, 1.54) is 18.3 Å². The van der Waals surface area contributed by atoms with Crippen LogP contribution in [0.3, 0.4) is 0 Å². The van der Waals surface area contributed by atoms with Gasteiger partial charge in [-0.2, -0.15) is 4.72 Å². The van der Waals surface area contributed by atoms with Crippen LogP contribution in [0.1, 0.15) is 6.42 Å². The molecular weight excluding hydrogens is 262 g/mol. The maximum absolute atomic E-state index is 11.8. The van der Waals surface area contributed by atoms with Gasteiger partial charge in [-0.25, -0.2) is 8.42 Å². The number of aromatic nitrogens is 1. The number of primary amides is 1. The Balaban J connectivity index is 2.93. The van der Waals surface area contributed by atoms with Crippen LogP contribution >= 0.6 is 0 Å². The number of nitrogens with zero attached hydrogens (tertiary/aromatic N) is 1. The fourth-order valence-electron chi connectivity index (χ4n) is 1.14. The fourth-order valence-corrected chi connectivity index (χ4v) is 2.29. The van der Waals surface area contributed by atoms with Crippen LogP contribution in [0.15, 0.2) is 29.4 Å². The van der Waals surface area contributed by atoms with Gasteiger partial charge in [0.15, 0.2) is 0 Å². The van der Waals surface area contributed by atoms with E-state index in [-0.39, 0.29) is 4.90 Å². The SMILES string of the molecule is NC(=O)C[C@@H](NS(=O)(=O)c1cccnc1)C(=O)O. The second-order valence-corrected chi connectivity index (χ2v) is 5.09. The van der Waals surface area contributed by atoms with Gasteiger partial charge in [0.2, 0.25) is 15.9 Å². The highest BCUT2D eigenvalue weighted by atomic mass is 32.2. The van der Waals surface area contributed by atoms with Gasteiger partial charge in [-0.1, -0.05) is 0 Å². The molecule has 4 N–H and O–H groups in total. The van der Waals surface area contributed by atoms with Crippen molar-refractivity contribution in [1.82, 2.24) is 9.71 Å². The summed E-state index contributed by atoms with van der Waals surface area (Å²) in [5.41, 5.74) is 4.84. The van der Waals surface area contributed by atoms with E-state index in [0.29, 0.717) is 0 Å². The van der Waals surface area contributed by atoms with Crippen LogP contribution in [0.2, 0.25) is 0 Å². The molecule has 0 saturated heterocycles. The predicted octanol–water partition coefficient (Wildman–Crippen LogP) is -1.31. The Morgan fingerprint density at radius 1 is 1.50 bits per heavy atom. The molecule has 1 amide bonds. The molecule has 1 atom stereocenters. The Morgan fingerprint density at radius 2 is 2.17 bits per heavy atom. The lowest BCUT2D eigenvalue weighted by Gasteiger charge is -2.12. The van der Waals surface area contributed by atoms with Crippen molar-refractivity contribution in [2.24, 2.45) is 5.73 Å². The summed E-state index contributed by atoms with van der Waals surface area (Å²) >= 11 is 0. The number of carbonyl (C=O) groups excluding carboxylic acids is 1. The summed E-state index contributed by atoms with van der Waals surface area (Å²) in [7, 11) is -4.05. The number of carboxylic acids is 1. The minimum absolute atomic E-state index is 0.194. The molecule has 0 fully saturated rings. The lowest BCUT2D eigenvalue weighted by molar-refractivity contribution is -0.140. The molecule has 1 rings (SSSR count). The smallest absolute Gasteiger partial charge is 0.322 e. The molecule has 1 heterocycles. The van der Waals surface area contributed by atoms with Crippen molar-refractivity contribution in [2.75, 3.05) is 0 Å². The van der Waals surface area contributed by atoms with Gasteiger partial charge in [-0.15, -0.1) is 0 Å². The van der Waals surface area contributed by atoms with E-state index >= 15 is 0 Å². The zero-order valence-corrected chi connectivity index (χ0v) is 9.92. The molecule has 0 saturated carbocycles. The molecule has 0 spiro atoms. The fraction of sp³-hybridized carbons (Fsp3) is 0.222. The zero-order chi connectivity index (χ0) is 13.8. The van der Waals surface area contributed by atoms with E-state index in [1.54, 1.807) is 0 Å². The summed E-state index contributed by atoms with van der Waals surface area (Å²) in [6.45, 7) is 0. The largest absolute Gasteiger partial charge is 0.480 e. The van der Waals surface area contributed by atoms with E-state index in [0.717, 1.165) is 6.20 Å². The van der Waals surface area contributed by atoms with Crippen molar-refractivity contribution in [1.29, 1.82) is 0 Å². The van der Waals surface area contributed by atoms with Gasteiger partial charge in [0, 0.05) is 12.4 Å². The lowest BCUT2D eigenvalue weighted by Crippen LogP contribution is -2.43. The number of rotatable bonds is 6. The quantitative estimate of drug-likeness (QED) is 0.588. The van der Waals surface area contributed by atoms with Gasteiger partial charge in [-0.05, 0) is 12.1 Å². The summed E-state index contributed by atoms with van der Waals surface area (Å²) in [6.07, 6.45) is 1.80. The molecular formula is C9H11N3O5S. The highest BCUT2D eigenvalue weighted by Gasteiger charge is 2.26. The number of pyridine rings is 1. The van der Waals surface area contributed by atoms with Crippen LogP contribution in [-0.4, -0.2) is 36.4 Å². The third-order valence-corrected chi connectivity index (χ3v) is 3.40. The third kappa shape index (κ3) is 3.79. The van der Waals surface area contributed by atoms with E-state index in [1.807, 2.05) is 4.72 Å². The van der Waals surface area contributed by atoms with E-state index in [9.17, 15) is 18.0 Å². The Labute approximate surface area is 103 Å². The Bertz CT molecular complexity index is 543. The molecule has 0 bridgehead atoms. The highest BCUT2D eigenvalue weighted by molar-refractivity contribution is 7.89. The first-order valence-electron chi connectivity index (χ1n) is 4.76. The van der Waals surface area contributed by atoms with Crippen molar-refractivity contribution in [2.45, 2.75) is 17.4 Å². The number of carboxylic acid groups (broad SMARTS) is 1. The summed E-state index contributed by atoms with van der Waals surface area (Å²) in [6, 6.07) is 1.03. The number of sulfonamides is 1. The van der Waals surface area contributed by atoms with Gasteiger partial charge in [-0.3, -0.25) is 14.6 Å². The Kier molecular flexibility index (Phi) is 4.34. The van der Waals surface area contributed by atoms with Crippen molar-refractivity contribution in [3.8, 4) is 0 Å². The van der Waals surface area contributed by atoms with Crippen molar-refractivity contribution in [3.05, 3.63) is 24.5 Å². The topological polar surface area (TPSA) is 139 Å². The van der Waals surface area contributed by atoms with Gasteiger partial charge < -0.3 is 10.8 Å². The van der Waals surface area contributed by atoms with Gasteiger partial charge in [0.25, 0.3) is 0 Å². The first-order valence-corrected chi connectivity index (χ1v) is 6.24. The number of nitrogens with two attached hydrogens (primary N) is 1. The Hall–Kier alpha value is -2.00. The molecule has 18 heavy (non-hydrogen) atoms. The van der Waals surface area contributed by atoms with Crippen molar-refractivity contribution in [3.63, 3.8) is 0 Å². The minimum atomic E-state index is -4.05. The molecule has 0 unspecified atom stereocenters. The summed E-state index contributed by atoms with van der Waals surface area (Å²) in [4.78, 5) is 24.9. The molecule has 0 aromatic carbocycles. The van der Waals surface area contributed by atoms with Crippen LogP contribution in [0, 0.1) is 0 Å². The molecule has 1 aromatic heterocycles. The van der Waals surface area contributed by atoms with Crippen LogP contribution in [-0.2, 0) is 19.6 Å². The van der Waals surface area contributed by atoms with Crippen LogP contribution in [0.4, 0.5) is 0 Å². The van der Waals surface area contributed by atoms with E-state index < -0.39 is 34.4 Å². The average Bonchev–Trinajstić information content (AvgIpc) is 2.28. The average molecular weight is 273 g/mol. The number of hydrogen-bond acceptors (Lipinski definition) is 5. The number of carbonyl (C=O) groups is 2. The predicted molar refractivity (Wildman–Crippen MR) is 59.8 cm³/mol. The molecule has 0 aliphatic rings. The molecule has 1 aromatic rings. The van der Waals surface area contributed by atoms with Gasteiger partial charge >= 0.3 is 5.97 Å². The highest BCUT2D eigenvalue weighted by Crippen LogP contribution is 2.07. The molecule has 0 aliphatic carbocycles. The zero-order valence-electron chi connectivity index (χ0n) is 9.11. The van der Waals surface area contributed by atoms with E-state index in [4.69, 9.17) is 10.8 Å². The number of hydrogen-bond donors (Lipinski definition) is 3. The Morgan fingerprint density at radius 3 is 2.61 bits per heavy atom. The number of aliphatic carboxylic acids is 1. The first-order chi connectivity index (χ1) is 8.33. The first kappa shape index (κ1) is 14.1. The standard InChI is InChI=1S/C9H11N3O5S/c10-8(13)4-7(9(14)15)12-18(16,17)6-2-1-3-11-5-6/h1-3,5,7,12H,4H2,(H2,10,13)(H,14,15)/t7-/m1/s1. The summed E-state index contributed by atoms with van der Waals surface area (Å²) < 4.78 is 25.4. The molecule has 0 radical (unpaired) electrons. The van der Waals surface area contributed by atoms with Crippen LogP contribution in [0.25, 0.3) is 0 Å². The molecule has 0 aliphatic heterocycles. The monoisotopic (exact) mass is 273 g/mol. The second kappa shape index (κ2) is 5.56. The number of nitrogens with one attached hydrogen (secondary N) is 1. The number of amides is 1. The van der Waals surface area contributed by atoms with Crippen LogP contribution < -0.4 is 10.5 Å². The summed E-state index contributed by atoms with van der Waals surface area (Å²) in [5, 5.41) is 8.78.